The Morgan fingerprint density at radius 1 is 1.27 bits per heavy atom. The van der Waals surface area contributed by atoms with Crippen LogP contribution in [0.1, 0.15) is 16.1 Å². The normalized spacial score (nSPS) is 11.1. The molecule has 0 saturated carbocycles. The Morgan fingerprint density at radius 3 is 2.64 bits per heavy atom. The Morgan fingerprint density at radius 2 is 2.00 bits per heavy atom. The molecule has 2 aromatic rings. The highest BCUT2D eigenvalue weighted by Crippen LogP contribution is 2.32. The number of rotatable bonds is 3. The molecule has 116 valence electrons. The van der Waals surface area contributed by atoms with Gasteiger partial charge < -0.3 is 4.74 Å². The first kappa shape index (κ1) is 16.1. The minimum absolute atomic E-state index is 0.0272. The van der Waals surface area contributed by atoms with Gasteiger partial charge >= 0.3 is 6.18 Å². The number of hydrazine groups is 1. The molecule has 0 saturated heterocycles. The third-order valence-electron chi connectivity index (χ3n) is 2.55. The molecule has 0 spiro atoms. The van der Waals surface area contributed by atoms with Crippen LogP contribution in [0.2, 0.25) is 5.02 Å². The van der Waals surface area contributed by atoms with Crippen molar-refractivity contribution in [1.82, 2.24) is 10.4 Å². The minimum Gasteiger partial charge on any atom is -0.439 e. The van der Waals surface area contributed by atoms with Gasteiger partial charge in [0.05, 0.1) is 10.6 Å². The quantitative estimate of drug-likeness (QED) is 0.514. The summed E-state index contributed by atoms with van der Waals surface area (Å²) in [5.41, 5.74) is 0.790. The molecule has 0 aliphatic carbocycles. The fraction of sp³-hybridized carbons (Fsp3) is 0.0769. The number of amides is 1. The summed E-state index contributed by atoms with van der Waals surface area (Å²) < 4.78 is 43.1. The Kier molecular flexibility index (Phi) is 4.53. The fourth-order valence-electron chi connectivity index (χ4n) is 1.57. The number of nitrogen functional groups attached to an aromatic ring is 1. The third-order valence-corrected chi connectivity index (χ3v) is 2.86. The monoisotopic (exact) mass is 331 g/mol. The molecule has 0 fully saturated rings. The van der Waals surface area contributed by atoms with E-state index < -0.39 is 17.6 Å². The fourth-order valence-corrected chi connectivity index (χ4v) is 1.76. The second-order valence-electron chi connectivity index (χ2n) is 4.08. The summed E-state index contributed by atoms with van der Waals surface area (Å²) in [6.45, 7) is 0. The van der Waals surface area contributed by atoms with E-state index in [9.17, 15) is 18.0 Å². The van der Waals surface area contributed by atoms with Gasteiger partial charge in [0.1, 0.15) is 5.75 Å². The van der Waals surface area contributed by atoms with E-state index >= 15 is 0 Å². The first-order valence-corrected chi connectivity index (χ1v) is 6.21. The zero-order chi connectivity index (χ0) is 16.3. The van der Waals surface area contributed by atoms with Crippen LogP contribution in [0.25, 0.3) is 0 Å². The van der Waals surface area contributed by atoms with Crippen molar-refractivity contribution in [3.63, 3.8) is 0 Å². The van der Waals surface area contributed by atoms with Crippen LogP contribution < -0.4 is 16.0 Å². The van der Waals surface area contributed by atoms with Crippen molar-refractivity contribution >= 4 is 17.5 Å². The van der Waals surface area contributed by atoms with Crippen LogP contribution in [0.4, 0.5) is 13.2 Å². The van der Waals surface area contributed by atoms with Gasteiger partial charge in [-0.1, -0.05) is 17.7 Å². The number of hydrogen-bond donors (Lipinski definition) is 2. The van der Waals surface area contributed by atoms with E-state index in [1.807, 2.05) is 5.43 Å². The maximum absolute atomic E-state index is 12.6. The Hall–Kier alpha value is -2.32. The number of carbonyl (C=O) groups excluding carboxylic acids is 1. The highest BCUT2D eigenvalue weighted by Gasteiger charge is 2.30. The summed E-state index contributed by atoms with van der Waals surface area (Å²) in [5.74, 6) is 4.05. The molecule has 0 radical (unpaired) electrons. The van der Waals surface area contributed by atoms with E-state index in [0.717, 1.165) is 12.1 Å². The number of nitrogens with zero attached hydrogens (tertiary/aromatic N) is 1. The number of carbonyl (C=O) groups is 1. The van der Waals surface area contributed by atoms with Crippen LogP contribution >= 0.6 is 11.6 Å². The SMILES string of the molecule is NNC(=O)c1nc(Oc2cccc(C(F)(F)F)c2)ccc1Cl. The lowest BCUT2D eigenvalue weighted by atomic mass is 10.2. The molecule has 3 N–H and O–H groups in total. The number of benzene rings is 1. The van der Waals surface area contributed by atoms with E-state index in [-0.39, 0.29) is 22.3 Å². The average molecular weight is 332 g/mol. The average Bonchev–Trinajstić information content (AvgIpc) is 2.48. The molecule has 5 nitrogen and oxygen atoms in total. The van der Waals surface area contributed by atoms with Crippen molar-refractivity contribution in [3.8, 4) is 11.6 Å². The van der Waals surface area contributed by atoms with Crippen LogP contribution in [0, 0.1) is 0 Å². The van der Waals surface area contributed by atoms with Crippen LogP contribution in [0.5, 0.6) is 11.6 Å². The molecular formula is C13H9ClF3N3O2. The predicted molar refractivity (Wildman–Crippen MR) is 72.4 cm³/mol. The van der Waals surface area contributed by atoms with Gasteiger partial charge in [0.15, 0.2) is 5.69 Å². The minimum atomic E-state index is -4.49. The van der Waals surface area contributed by atoms with Crippen molar-refractivity contribution in [1.29, 1.82) is 0 Å². The zero-order valence-corrected chi connectivity index (χ0v) is 11.6. The molecule has 0 aliphatic heterocycles. The van der Waals surface area contributed by atoms with Gasteiger partial charge in [0.2, 0.25) is 5.88 Å². The topological polar surface area (TPSA) is 77.2 Å². The molecule has 1 aromatic heterocycles. The van der Waals surface area contributed by atoms with Crippen molar-refractivity contribution < 1.29 is 22.7 Å². The van der Waals surface area contributed by atoms with Gasteiger partial charge in [0.25, 0.3) is 5.91 Å². The van der Waals surface area contributed by atoms with Crippen LogP contribution in [-0.2, 0) is 6.18 Å². The summed E-state index contributed by atoms with van der Waals surface area (Å²) in [6, 6.07) is 6.89. The number of nitrogens with two attached hydrogens (primary N) is 1. The lowest BCUT2D eigenvalue weighted by Gasteiger charge is -2.10. The first-order chi connectivity index (χ1) is 10.3. The highest BCUT2D eigenvalue weighted by molar-refractivity contribution is 6.33. The standard InChI is InChI=1S/C13H9ClF3N3O2/c14-9-4-5-10(19-11(9)12(21)20-18)22-8-3-1-2-7(6-8)13(15,16)17/h1-6H,18H2,(H,20,21). The molecule has 1 aromatic carbocycles. The molecule has 2 rings (SSSR count). The Bertz CT molecular complexity index is 707. The number of ether oxygens (including phenoxy) is 1. The molecule has 1 heterocycles. The van der Waals surface area contributed by atoms with Gasteiger partial charge in [-0.2, -0.15) is 13.2 Å². The lowest BCUT2D eigenvalue weighted by molar-refractivity contribution is -0.137. The molecule has 0 atom stereocenters. The largest absolute Gasteiger partial charge is 0.439 e. The molecule has 9 heteroatoms. The van der Waals surface area contributed by atoms with Crippen molar-refractivity contribution in [3.05, 3.63) is 52.7 Å². The number of aromatic nitrogens is 1. The molecule has 0 aliphatic rings. The molecule has 1 amide bonds. The summed E-state index contributed by atoms with van der Waals surface area (Å²) in [5, 5.41) is 0.0272. The Labute approximate surface area is 127 Å². The maximum atomic E-state index is 12.6. The van der Waals surface area contributed by atoms with Crippen LogP contribution in [0.15, 0.2) is 36.4 Å². The number of pyridine rings is 1. The molecule has 0 bridgehead atoms. The number of hydrogen-bond acceptors (Lipinski definition) is 4. The van der Waals surface area contributed by atoms with Crippen molar-refractivity contribution in [2.45, 2.75) is 6.18 Å². The van der Waals surface area contributed by atoms with Crippen molar-refractivity contribution in [2.75, 3.05) is 0 Å². The number of nitrogens with one attached hydrogen (secondary N) is 1. The van der Waals surface area contributed by atoms with Crippen LogP contribution in [0.3, 0.4) is 0 Å². The lowest BCUT2D eigenvalue weighted by Crippen LogP contribution is -2.31. The van der Waals surface area contributed by atoms with E-state index in [1.165, 1.54) is 24.3 Å². The summed E-state index contributed by atoms with van der Waals surface area (Å²) in [6.07, 6.45) is -4.49. The zero-order valence-electron chi connectivity index (χ0n) is 10.8. The molecule has 0 unspecified atom stereocenters. The summed E-state index contributed by atoms with van der Waals surface area (Å²) in [4.78, 5) is 15.2. The number of halogens is 4. The van der Waals surface area contributed by atoms with Crippen LogP contribution in [-0.4, -0.2) is 10.9 Å². The van der Waals surface area contributed by atoms with E-state index in [4.69, 9.17) is 22.2 Å². The molecular weight excluding hydrogens is 323 g/mol. The van der Waals surface area contributed by atoms with Gasteiger partial charge in [-0.15, -0.1) is 0 Å². The summed E-state index contributed by atoms with van der Waals surface area (Å²) in [7, 11) is 0. The highest BCUT2D eigenvalue weighted by atomic mass is 35.5. The van der Waals surface area contributed by atoms with E-state index in [2.05, 4.69) is 4.98 Å². The van der Waals surface area contributed by atoms with Gasteiger partial charge in [-0.05, 0) is 24.3 Å². The number of alkyl halides is 3. The summed E-state index contributed by atoms with van der Waals surface area (Å²) >= 11 is 5.77. The maximum Gasteiger partial charge on any atom is 0.416 e. The predicted octanol–water partition coefficient (Wildman–Crippen LogP) is 3.15. The van der Waals surface area contributed by atoms with Crippen molar-refractivity contribution in [2.24, 2.45) is 5.84 Å². The Balaban J connectivity index is 2.30. The first-order valence-electron chi connectivity index (χ1n) is 5.84. The van der Waals surface area contributed by atoms with E-state index in [0.29, 0.717) is 0 Å². The molecule has 22 heavy (non-hydrogen) atoms. The smallest absolute Gasteiger partial charge is 0.416 e. The van der Waals surface area contributed by atoms with Gasteiger partial charge in [-0.25, -0.2) is 10.8 Å². The van der Waals surface area contributed by atoms with Gasteiger partial charge in [-0.3, -0.25) is 10.2 Å². The van der Waals surface area contributed by atoms with E-state index in [1.54, 1.807) is 0 Å². The second-order valence-corrected chi connectivity index (χ2v) is 4.49. The third kappa shape index (κ3) is 3.66. The van der Waals surface area contributed by atoms with Gasteiger partial charge in [0, 0.05) is 6.07 Å². The second kappa shape index (κ2) is 6.20.